The van der Waals surface area contributed by atoms with Gasteiger partial charge in [-0.3, -0.25) is 4.79 Å². The number of nitrogen functional groups attached to an aromatic ring is 1. The van der Waals surface area contributed by atoms with Gasteiger partial charge >= 0.3 is 0 Å². The molecule has 0 bridgehead atoms. The Morgan fingerprint density at radius 1 is 1.00 bits per heavy atom. The van der Waals surface area contributed by atoms with E-state index >= 15 is 0 Å². The fourth-order valence-electron chi connectivity index (χ4n) is 5.41. The van der Waals surface area contributed by atoms with Gasteiger partial charge in [0.05, 0.1) is 5.69 Å². The van der Waals surface area contributed by atoms with E-state index in [0.29, 0.717) is 17.1 Å². The molecular formula is C28H31N9O. The molecule has 0 unspecified atom stereocenters. The first-order valence-corrected chi connectivity index (χ1v) is 12.6. The maximum absolute atomic E-state index is 13.0. The van der Waals surface area contributed by atoms with Crippen LogP contribution in [0.4, 0.5) is 22.9 Å². The molecule has 2 aliphatic rings. The van der Waals surface area contributed by atoms with Crippen LogP contribution in [-0.4, -0.2) is 77.9 Å². The van der Waals surface area contributed by atoms with E-state index in [0.717, 1.165) is 30.0 Å². The second kappa shape index (κ2) is 9.14. The summed E-state index contributed by atoms with van der Waals surface area (Å²) in [6, 6.07) is 17.8. The zero-order chi connectivity index (χ0) is 26.4. The molecule has 0 atom stereocenters. The number of benzene rings is 2. The summed E-state index contributed by atoms with van der Waals surface area (Å²) in [5, 5.41) is 7.22. The lowest BCUT2D eigenvalue weighted by Crippen LogP contribution is -2.71. The number of anilines is 4. The highest BCUT2D eigenvalue weighted by Crippen LogP contribution is 2.41. The van der Waals surface area contributed by atoms with Gasteiger partial charge in [0.15, 0.2) is 5.82 Å². The van der Waals surface area contributed by atoms with Crippen molar-refractivity contribution in [2.45, 2.75) is 0 Å². The number of rotatable bonds is 6. The smallest absolute Gasteiger partial charge is 0.261 e. The molecule has 2 fully saturated rings. The molecule has 0 saturated carbocycles. The number of aromatic nitrogens is 4. The number of carbonyl (C=O) groups is 1. The Morgan fingerprint density at radius 3 is 2.37 bits per heavy atom. The molecule has 3 N–H and O–H groups in total. The molecule has 2 aromatic carbocycles. The van der Waals surface area contributed by atoms with Gasteiger partial charge < -0.3 is 25.8 Å². The highest BCUT2D eigenvalue weighted by molar-refractivity contribution is 6.07. The maximum atomic E-state index is 13.0. The molecule has 2 aliphatic heterocycles. The van der Waals surface area contributed by atoms with Gasteiger partial charge in [0.25, 0.3) is 11.9 Å². The van der Waals surface area contributed by atoms with Gasteiger partial charge in [0.1, 0.15) is 5.56 Å². The Balaban J connectivity index is 1.13. The van der Waals surface area contributed by atoms with Gasteiger partial charge in [-0.25, -0.2) is 14.6 Å². The summed E-state index contributed by atoms with van der Waals surface area (Å²) in [5.41, 5.74) is 11.5. The summed E-state index contributed by atoms with van der Waals surface area (Å²) in [6.45, 7) is 4.52. The van der Waals surface area contributed by atoms with Crippen LogP contribution in [0.2, 0.25) is 0 Å². The minimum absolute atomic E-state index is 0.111. The quantitative estimate of drug-likeness (QED) is 0.408. The number of nitrogens with zero attached hydrogens (tertiary/aromatic N) is 7. The summed E-state index contributed by atoms with van der Waals surface area (Å²) in [6.07, 6.45) is 3.22. The van der Waals surface area contributed by atoms with Crippen molar-refractivity contribution < 1.29 is 4.79 Å². The topological polar surface area (TPSA) is 108 Å². The van der Waals surface area contributed by atoms with E-state index in [9.17, 15) is 4.79 Å². The number of amides is 1. The number of hydrogen-bond donors (Lipinski definition) is 2. The van der Waals surface area contributed by atoms with E-state index in [1.807, 2.05) is 73.6 Å². The Labute approximate surface area is 221 Å². The molecule has 2 saturated heterocycles. The second-order valence-electron chi connectivity index (χ2n) is 10.6. The summed E-state index contributed by atoms with van der Waals surface area (Å²) >= 11 is 0. The summed E-state index contributed by atoms with van der Waals surface area (Å²) in [4.78, 5) is 28.7. The van der Waals surface area contributed by atoms with Crippen LogP contribution in [0.15, 0.2) is 67.0 Å². The van der Waals surface area contributed by atoms with Crippen LogP contribution in [0.1, 0.15) is 10.4 Å². The third-order valence-corrected chi connectivity index (χ3v) is 7.27. The van der Waals surface area contributed by atoms with Crippen molar-refractivity contribution in [3.05, 3.63) is 72.6 Å². The van der Waals surface area contributed by atoms with Gasteiger partial charge in [-0.05, 0) is 49.5 Å². The standard InChI is InChI=1S/C28H31N9O/c1-34(2)21-8-4-19(5-9-21)24-12-13-30-27(32-24)37-14-23(25(29)33-37)26(38)31-20-6-10-22(11-7-20)36-17-28(18-36)15-35(3)16-28/h4-14H,15-18H2,1-3H3,(H2,29,33)(H,31,38). The monoisotopic (exact) mass is 509 g/mol. The van der Waals surface area contributed by atoms with Crippen molar-refractivity contribution in [2.24, 2.45) is 5.41 Å². The molecule has 10 nitrogen and oxygen atoms in total. The van der Waals surface area contributed by atoms with Crippen LogP contribution in [0.3, 0.4) is 0 Å². The molecule has 0 aliphatic carbocycles. The number of hydrogen-bond acceptors (Lipinski definition) is 8. The lowest BCUT2D eigenvalue weighted by Gasteiger charge is -2.60. The van der Waals surface area contributed by atoms with E-state index in [2.05, 4.69) is 37.2 Å². The first kappa shape index (κ1) is 23.9. The summed E-state index contributed by atoms with van der Waals surface area (Å²) < 4.78 is 1.43. The van der Waals surface area contributed by atoms with E-state index in [1.54, 1.807) is 12.4 Å². The van der Waals surface area contributed by atoms with Gasteiger partial charge in [0, 0.05) is 80.7 Å². The van der Waals surface area contributed by atoms with E-state index < -0.39 is 0 Å². The average molecular weight is 510 g/mol. The van der Waals surface area contributed by atoms with Gasteiger partial charge in [-0.2, -0.15) is 0 Å². The highest BCUT2D eigenvalue weighted by atomic mass is 16.1. The third kappa shape index (κ3) is 4.43. The van der Waals surface area contributed by atoms with Crippen LogP contribution in [0, 0.1) is 5.41 Å². The molecule has 4 heterocycles. The lowest BCUT2D eigenvalue weighted by molar-refractivity contribution is -0.00238. The van der Waals surface area contributed by atoms with Crippen molar-refractivity contribution in [3.63, 3.8) is 0 Å². The fraction of sp³-hybridized carbons (Fsp3) is 0.286. The van der Waals surface area contributed by atoms with Crippen molar-refractivity contribution in [2.75, 3.05) is 68.2 Å². The number of likely N-dealkylation sites (tertiary alicyclic amines) is 1. The van der Waals surface area contributed by atoms with Crippen LogP contribution in [-0.2, 0) is 0 Å². The number of carbonyl (C=O) groups excluding carboxylic acids is 1. The largest absolute Gasteiger partial charge is 0.382 e. The Morgan fingerprint density at radius 2 is 1.71 bits per heavy atom. The van der Waals surface area contributed by atoms with E-state index in [1.165, 1.54) is 23.5 Å². The molecule has 1 spiro atoms. The van der Waals surface area contributed by atoms with Gasteiger partial charge in [-0.1, -0.05) is 12.1 Å². The fourth-order valence-corrected chi connectivity index (χ4v) is 5.41. The molecule has 1 amide bonds. The molecule has 194 valence electrons. The SMILES string of the molecule is CN1CC2(C1)CN(c1ccc(NC(=O)c3cn(-c4nccc(-c5ccc(N(C)C)cc5)n4)nc3N)cc1)C2. The zero-order valence-electron chi connectivity index (χ0n) is 21.8. The molecule has 6 rings (SSSR count). The lowest BCUT2D eigenvalue weighted by atomic mass is 9.73. The van der Waals surface area contributed by atoms with Crippen molar-refractivity contribution >= 4 is 28.8 Å². The van der Waals surface area contributed by atoms with Gasteiger partial charge in [-0.15, -0.1) is 5.10 Å². The maximum Gasteiger partial charge on any atom is 0.261 e. The Bertz CT molecular complexity index is 1460. The molecule has 38 heavy (non-hydrogen) atoms. The third-order valence-electron chi connectivity index (χ3n) is 7.27. The first-order chi connectivity index (χ1) is 18.3. The molecule has 10 heteroatoms. The normalized spacial score (nSPS) is 16.1. The Hall–Kier alpha value is -4.44. The second-order valence-corrected chi connectivity index (χ2v) is 10.6. The van der Waals surface area contributed by atoms with Crippen molar-refractivity contribution in [1.82, 2.24) is 24.6 Å². The van der Waals surface area contributed by atoms with Crippen molar-refractivity contribution in [1.29, 1.82) is 0 Å². The van der Waals surface area contributed by atoms with E-state index in [-0.39, 0.29) is 17.3 Å². The molecular weight excluding hydrogens is 478 g/mol. The first-order valence-electron chi connectivity index (χ1n) is 12.6. The van der Waals surface area contributed by atoms with Crippen molar-refractivity contribution in [3.8, 4) is 17.2 Å². The predicted octanol–water partition coefficient (Wildman–Crippen LogP) is 2.98. The molecule has 2 aromatic heterocycles. The number of nitrogens with one attached hydrogen (secondary N) is 1. The van der Waals surface area contributed by atoms with Crippen LogP contribution >= 0.6 is 0 Å². The molecule has 0 radical (unpaired) electrons. The zero-order valence-corrected chi connectivity index (χ0v) is 21.8. The average Bonchev–Trinajstić information content (AvgIpc) is 3.28. The van der Waals surface area contributed by atoms with Crippen LogP contribution < -0.4 is 20.9 Å². The van der Waals surface area contributed by atoms with Crippen LogP contribution in [0.5, 0.6) is 0 Å². The molecule has 4 aromatic rings. The predicted molar refractivity (Wildman–Crippen MR) is 150 cm³/mol. The minimum atomic E-state index is -0.336. The minimum Gasteiger partial charge on any atom is -0.382 e. The van der Waals surface area contributed by atoms with Crippen LogP contribution in [0.25, 0.3) is 17.2 Å². The van der Waals surface area contributed by atoms with E-state index in [4.69, 9.17) is 5.73 Å². The highest BCUT2D eigenvalue weighted by Gasteiger charge is 2.50. The number of nitrogens with two attached hydrogens (primary N) is 1. The summed E-state index contributed by atoms with van der Waals surface area (Å²) in [7, 11) is 6.16. The Kier molecular flexibility index (Phi) is 5.76. The van der Waals surface area contributed by atoms with Gasteiger partial charge in [0.2, 0.25) is 0 Å². The summed E-state index contributed by atoms with van der Waals surface area (Å²) in [5.74, 6) is 0.108.